The fourth-order valence-electron chi connectivity index (χ4n) is 3.39. The summed E-state index contributed by atoms with van der Waals surface area (Å²) in [5.41, 5.74) is 4.33. The molecule has 0 saturated carbocycles. The number of carbonyl (C=O) groups excluding carboxylic acids is 2. The van der Waals surface area contributed by atoms with Crippen molar-refractivity contribution in [1.29, 1.82) is 0 Å². The van der Waals surface area contributed by atoms with E-state index < -0.39 is 18.4 Å². The van der Waals surface area contributed by atoms with Gasteiger partial charge in [0, 0.05) is 22.5 Å². The highest BCUT2D eigenvalue weighted by Crippen LogP contribution is 2.37. The van der Waals surface area contributed by atoms with Crippen LogP contribution in [-0.2, 0) is 9.59 Å². The maximum atomic E-state index is 12.8. The topological polar surface area (TPSA) is 108 Å². The molecule has 7 heteroatoms. The zero-order valence-electron chi connectivity index (χ0n) is 16.4. The van der Waals surface area contributed by atoms with E-state index in [2.05, 4.69) is 16.0 Å². The zero-order chi connectivity index (χ0) is 21.8. The molecule has 2 amide bonds. The molecule has 0 fully saturated rings. The van der Waals surface area contributed by atoms with Crippen molar-refractivity contribution >= 4 is 40.4 Å². The Morgan fingerprint density at radius 2 is 1.58 bits per heavy atom. The SMILES string of the molecule is O=C(O)CNC(=O)c1cccc(NC(=C2C(=O)Nc3ccccc32)c2ccccc2)c1. The van der Waals surface area contributed by atoms with Crippen LogP contribution in [0.25, 0.3) is 11.3 Å². The number of carbonyl (C=O) groups is 3. The fourth-order valence-corrected chi connectivity index (χ4v) is 3.39. The Balaban J connectivity index is 1.75. The lowest BCUT2D eigenvalue weighted by Crippen LogP contribution is -2.29. The number of amides is 2. The lowest BCUT2D eigenvalue weighted by molar-refractivity contribution is -0.135. The second-order valence-corrected chi connectivity index (χ2v) is 6.90. The largest absolute Gasteiger partial charge is 0.480 e. The van der Waals surface area contributed by atoms with Gasteiger partial charge in [-0.2, -0.15) is 0 Å². The Kier molecular flexibility index (Phi) is 5.49. The molecule has 7 nitrogen and oxygen atoms in total. The molecule has 3 aromatic carbocycles. The maximum Gasteiger partial charge on any atom is 0.322 e. The number of hydrogen-bond donors (Lipinski definition) is 4. The molecule has 0 saturated heterocycles. The summed E-state index contributed by atoms with van der Waals surface area (Å²) >= 11 is 0. The highest BCUT2D eigenvalue weighted by atomic mass is 16.4. The van der Waals surface area contributed by atoms with Crippen molar-refractivity contribution in [2.24, 2.45) is 0 Å². The Morgan fingerprint density at radius 3 is 2.35 bits per heavy atom. The van der Waals surface area contributed by atoms with Crippen LogP contribution in [-0.4, -0.2) is 29.4 Å². The van der Waals surface area contributed by atoms with Gasteiger partial charge in [-0.15, -0.1) is 0 Å². The van der Waals surface area contributed by atoms with E-state index in [0.29, 0.717) is 22.5 Å². The summed E-state index contributed by atoms with van der Waals surface area (Å²) < 4.78 is 0. The third-order valence-corrected chi connectivity index (χ3v) is 4.78. The number of para-hydroxylation sites is 1. The van der Waals surface area contributed by atoms with Crippen molar-refractivity contribution in [3.63, 3.8) is 0 Å². The highest BCUT2D eigenvalue weighted by molar-refractivity contribution is 6.37. The highest BCUT2D eigenvalue weighted by Gasteiger charge is 2.28. The van der Waals surface area contributed by atoms with Gasteiger partial charge in [0.2, 0.25) is 0 Å². The van der Waals surface area contributed by atoms with Crippen molar-refractivity contribution in [2.45, 2.75) is 0 Å². The number of carboxylic acids is 1. The monoisotopic (exact) mass is 413 g/mol. The molecule has 4 rings (SSSR count). The van der Waals surface area contributed by atoms with Crippen LogP contribution in [0.5, 0.6) is 0 Å². The van der Waals surface area contributed by atoms with Crippen molar-refractivity contribution < 1.29 is 19.5 Å². The molecule has 4 N–H and O–H groups in total. The number of fused-ring (bicyclic) bond motifs is 1. The average molecular weight is 413 g/mol. The zero-order valence-corrected chi connectivity index (χ0v) is 16.4. The van der Waals surface area contributed by atoms with E-state index in [1.165, 1.54) is 0 Å². The Bertz CT molecular complexity index is 1200. The molecule has 1 aliphatic heterocycles. The number of nitrogens with one attached hydrogen (secondary N) is 3. The second-order valence-electron chi connectivity index (χ2n) is 6.90. The first-order chi connectivity index (χ1) is 15.0. The molecule has 1 heterocycles. The van der Waals surface area contributed by atoms with E-state index in [1.807, 2.05) is 54.6 Å². The van der Waals surface area contributed by atoms with E-state index in [0.717, 1.165) is 16.8 Å². The van der Waals surface area contributed by atoms with Gasteiger partial charge in [0.1, 0.15) is 6.54 Å². The van der Waals surface area contributed by atoms with Gasteiger partial charge >= 0.3 is 5.97 Å². The van der Waals surface area contributed by atoms with E-state index in [1.54, 1.807) is 24.3 Å². The predicted octanol–water partition coefficient (Wildman–Crippen LogP) is 3.43. The van der Waals surface area contributed by atoms with Gasteiger partial charge in [-0.1, -0.05) is 54.6 Å². The summed E-state index contributed by atoms with van der Waals surface area (Å²) in [5, 5.41) is 17.3. The van der Waals surface area contributed by atoms with Crippen LogP contribution in [0.2, 0.25) is 0 Å². The third-order valence-electron chi connectivity index (χ3n) is 4.78. The van der Waals surface area contributed by atoms with Gasteiger partial charge in [0.05, 0.1) is 11.3 Å². The Hall–Kier alpha value is -4.39. The first-order valence-corrected chi connectivity index (χ1v) is 9.60. The standard InChI is InChI=1S/C24H19N3O4/c28-20(29)14-25-23(30)16-9-6-10-17(13-16)26-22(15-7-2-1-3-8-15)21-18-11-4-5-12-19(18)27-24(21)31/h1-13,26H,14H2,(H,25,30)(H,27,31)(H,28,29). The minimum absolute atomic E-state index is 0.220. The number of anilines is 2. The van der Waals surface area contributed by atoms with Gasteiger partial charge in [0.15, 0.2) is 0 Å². The number of hydrogen-bond acceptors (Lipinski definition) is 4. The van der Waals surface area contributed by atoms with Crippen molar-refractivity contribution in [3.8, 4) is 0 Å². The molecule has 154 valence electrons. The molecule has 0 atom stereocenters. The fraction of sp³-hybridized carbons (Fsp3) is 0.0417. The smallest absolute Gasteiger partial charge is 0.322 e. The molecular formula is C24H19N3O4. The van der Waals surface area contributed by atoms with Crippen LogP contribution in [0.4, 0.5) is 11.4 Å². The van der Waals surface area contributed by atoms with Crippen molar-refractivity contribution in [2.75, 3.05) is 17.2 Å². The molecule has 0 bridgehead atoms. The summed E-state index contributed by atoms with van der Waals surface area (Å²) in [6.07, 6.45) is 0. The molecule has 0 aliphatic carbocycles. The number of aliphatic carboxylic acids is 1. The van der Waals surface area contributed by atoms with Crippen LogP contribution in [0, 0.1) is 0 Å². The van der Waals surface area contributed by atoms with Gasteiger partial charge in [-0.05, 0) is 29.8 Å². The van der Waals surface area contributed by atoms with E-state index >= 15 is 0 Å². The Labute approximate surface area is 178 Å². The van der Waals surface area contributed by atoms with Gasteiger partial charge < -0.3 is 21.1 Å². The minimum Gasteiger partial charge on any atom is -0.480 e. The minimum atomic E-state index is -1.12. The van der Waals surface area contributed by atoms with E-state index in [-0.39, 0.29) is 5.91 Å². The number of benzene rings is 3. The van der Waals surface area contributed by atoms with Crippen LogP contribution in [0.15, 0.2) is 78.9 Å². The summed E-state index contributed by atoms with van der Waals surface area (Å²) in [6, 6.07) is 23.6. The van der Waals surface area contributed by atoms with Gasteiger partial charge in [0.25, 0.3) is 11.8 Å². The molecular weight excluding hydrogens is 394 g/mol. The molecule has 1 aliphatic rings. The predicted molar refractivity (Wildman–Crippen MR) is 118 cm³/mol. The first kappa shape index (κ1) is 19.9. The number of carboxylic acid groups (broad SMARTS) is 1. The summed E-state index contributed by atoms with van der Waals surface area (Å²) in [4.78, 5) is 35.8. The van der Waals surface area contributed by atoms with Crippen molar-refractivity contribution in [1.82, 2.24) is 5.32 Å². The molecule has 0 aromatic heterocycles. The molecule has 0 spiro atoms. The quantitative estimate of drug-likeness (QED) is 0.463. The maximum absolute atomic E-state index is 12.8. The second kappa shape index (κ2) is 8.54. The summed E-state index contributed by atoms with van der Waals surface area (Å²) in [6.45, 7) is -0.466. The van der Waals surface area contributed by atoms with Gasteiger partial charge in [-0.3, -0.25) is 14.4 Å². The average Bonchev–Trinajstić information content (AvgIpc) is 3.12. The van der Waals surface area contributed by atoms with Crippen LogP contribution >= 0.6 is 0 Å². The summed E-state index contributed by atoms with van der Waals surface area (Å²) in [7, 11) is 0. The number of rotatable bonds is 6. The molecule has 3 aromatic rings. The normalized spacial score (nSPS) is 13.7. The molecule has 31 heavy (non-hydrogen) atoms. The Morgan fingerprint density at radius 1 is 0.871 bits per heavy atom. The van der Waals surface area contributed by atoms with Gasteiger partial charge in [-0.25, -0.2) is 0 Å². The van der Waals surface area contributed by atoms with Crippen LogP contribution < -0.4 is 16.0 Å². The third kappa shape index (κ3) is 4.30. The van der Waals surface area contributed by atoms with E-state index in [9.17, 15) is 14.4 Å². The van der Waals surface area contributed by atoms with Crippen molar-refractivity contribution in [3.05, 3.63) is 95.6 Å². The molecule has 0 unspecified atom stereocenters. The van der Waals surface area contributed by atoms with Crippen LogP contribution in [0.1, 0.15) is 21.5 Å². The lowest BCUT2D eigenvalue weighted by Gasteiger charge is -2.15. The van der Waals surface area contributed by atoms with Crippen LogP contribution in [0.3, 0.4) is 0 Å². The summed E-state index contributed by atoms with van der Waals surface area (Å²) in [5.74, 6) is -1.84. The molecule has 0 radical (unpaired) electrons. The lowest BCUT2D eigenvalue weighted by atomic mass is 10.00. The van der Waals surface area contributed by atoms with E-state index in [4.69, 9.17) is 5.11 Å². The first-order valence-electron chi connectivity index (χ1n) is 9.60.